The number of aliphatic hydroxyl groups excluding tert-OH is 1. The highest BCUT2D eigenvalue weighted by Crippen LogP contribution is 2.34. The molecule has 1 aliphatic heterocycles. The number of carbonyl (C=O) groups is 1. The van der Waals surface area contributed by atoms with Crippen molar-refractivity contribution in [3.63, 3.8) is 0 Å². The quantitative estimate of drug-likeness (QED) is 0.747. The second kappa shape index (κ2) is 8.89. The molecule has 0 spiro atoms. The Bertz CT molecular complexity index is 562. The van der Waals surface area contributed by atoms with E-state index in [0.717, 1.165) is 36.3 Å². The summed E-state index contributed by atoms with van der Waals surface area (Å²) in [5.74, 6) is 0.822. The standard InChI is InChI=1S/C18H28N2O4/c1-4-24-18(22)20-8-6-14-10-15(12-19-7-5-9-21)17(23-3)11-16(14)13(20)2/h10-11,13,19,21H,4-9,12H2,1-3H3. The van der Waals surface area contributed by atoms with Gasteiger partial charge in [-0.3, -0.25) is 0 Å². The monoisotopic (exact) mass is 336 g/mol. The highest BCUT2D eigenvalue weighted by atomic mass is 16.6. The SMILES string of the molecule is CCOC(=O)N1CCc2cc(CNCCCO)c(OC)cc2C1C. The van der Waals surface area contributed by atoms with Crippen molar-refractivity contribution in [2.75, 3.05) is 33.4 Å². The molecule has 1 unspecified atom stereocenters. The number of ether oxygens (including phenoxy) is 2. The number of rotatable bonds is 7. The normalized spacial score (nSPS) is 16.7. The zero-order valence-electron chi connectivity index (χ0n) is 14.8. The van der Waals surface area contributed by atoms with Crippen molar-refractivity contribution in [1.29, 1.82) is 0 Å². The second-order valence-corrected chi connectivity index (χ2v) is 5.94. The average molecular weight is 336 g/mol. The van der Waals surface area contributed by atoms with Crippen LogP contribution in [-0.4, -0.2) is 49.5 Å². The zero-order chi connectivity index (χ0) is 17.5. The van der Waals surface area contributed by atoms with Crippen molar-refractivity contribution in [3.8, 4) is 5.75 Å². The van der Waals surface area contributed by atoms with Crippen LogP contribution in [0.5, 0.6) is 5.75 Å². The molecule has 1 aliphatic rings. The molecule has 0 saturated carbocycles. The number of methoxy groups -OCH3 is 1. The minimum Gasteiger partial charge on any atom is -0.496 e. The Morgan fingerprint density at radius 3 is 2.92 bits per heavy atom. The lowest BCUT2D eigenvalue weighted by atomic mass is 9.91. The fourth-order valence-electron chi connectivity index (χ4n) is 3.11. The molecule has 0 aliphatic carbocycles. The summed E-state index contributed by atoms with van der Waals surface area (Å²) in [6.07, 6.45) is 1.29. The number of carbonyl (C=O) groups excluding carboxylic acids is 1. The first-order valence-corrected chi connectivity index (χ1v) is 8.57. The topological polar surface area (TPSA) is 71.0 Å². The van der Waals surface area contributed by atoms with Gasteiger partial charge in [0.2, 0.25) is 0 Å². The Kier molecular flexibility index (Phi) is 6.87. The number of hydrogen-bond donors (Lipinski definition) is 2. The van der Waals surface area contributed by atoms with Gasteiger partial charge in [-0.2, -0.15) is 0 Å². The Balaban J connectivity index is 2.17. The van der Waals surface area contributed by atoms with Crippen molar-refractivity contribution < 1.29 is 19.4 Å². The van der Waals surface area contributed by atoms with Crippen LogP contribution < -0.4 is 10.1 Å². The molecular weight excluding hydrogens is 308 g/mol. The van der Waals surface area contributed by atoms with Gasteiger partial charge in [0.15, 0.2) is 0 Å². The van der Waals surface area contributed by atoms with Crippen molar-refractivity contribution in [2.24, 2.45) is 0 Å². The summed E-state index contributed by atoms with van der Waals surface area (Å²) in [4.78, 5) is 13.9. The van der Waals surface area contributed by atoms with Crippen LogP contribution in [0, 0.1) is 0 Å². The van der Waals surface area contributed by atoms with E-state index in [2.05, 4.69) is 11.4 Å². The Labute approximate surface area is 143 Å². The highest BCUT2D eigenvalue weighted by molar-refractivity contribution is 5.69. The highest BCUT2D eigenvalue weighted by Gasteiger charge is 2.29. The van der Waals surface area contributed by atoms with Gasteiger partial charge in [0, 0.05) is 25.3 Å². The maximum Gasteiger partial charge on any atom is 0.410 e. The maximum atomic E-state index is 12.1. The summed E-state index contributed by atoms with van der Waals surface area (Å²) in [5, 5.41) is 12.2. The van der Waals surface area contributed by atoms with E-state index in [0.29, 0.717) is 19.7 Å². The first kappa shape index (κ1) is 18.5. The van der Waals surface area contributed by atoms with E-state index >= 15 is 0 Å². The van der Waals surface area contributed by atoms with Crippen molar-refractivity contribution >= 4 is 6.09 Å². The number of amides is 1. The Hall–Kier alpha value is -1.79. The first-order chi connectivity index (χ1) is 11.6. The fraction of sp³-hybridized carbons (Fsp3) is 0.611. The van der Waals surface area contributed by atoms with Crippen LogP contribution in [-0.2, 0) is 17.7 Å². The molecule has 2 N–H and O–H groups in total. The molecule has 0 bridgehead atoms. The van der Waals surface area contributed by atoms with Crippen LogP contribution in [0.4, 0.5) is 4.79 Å². The van der Waals surface area contributed by atoms with Gasteiger partial charge in [-0.05, 0) is 50.4 Å². The minimum absolute atomic E-state index is 0.0295. The molecule has 0 radical (unpaired) electrons. The number of aliphatic hydroxyl groups is 1. The summed E-state index contributed by atoms with van der Waals surface area (Å²) in [5.41, 5.74) is 3.47. The summed E-state index contributed by atoms with van der Waals surface area (Å²) in [6.45, 7) is 6.55. The van der Waals surface area contributed by atoms with E-state index in [1.807, 2.05) is 19.9 Å². The lowest BCUT2D eigenvalue weighted by Gasteiger charge is -2.35. The second-order valence-electron chi connectivity index (χ2n) is 5.94. The van der Waals surface area contributed by atoms with E-state index in [9.17, 15) is 4.79 Å². The van der Waals surface area contributed by atoms with Crippen LogP contribution in [0.15, 0.2) is 12.1 Å². The van der Waals surface area contributed by atoms with E-state index in [1.165, 1.54) is 5.56 Å². The van der Waals surface area contributed by atoms with Gasteiger partial charge in [-0.1, -0.05) is 6.07 Å². The molecule has 0 aromatic heterocycles. The summed E-state index contributed by atoms with van der Waals surface area (Å²) in [6, 6.07) is 4.17. The predicted octanol–water partition coefficient (Wildman–Crippen LogP) is 2.24. The fourth-order valence-corrected chi connectivity index (χ4v) is 3.11. The molecule has 0 saturated heterocycles. The molecule has 1 aromatic carbocycles. The number of hydrogen-bond acceptors (Lipinski definition) is 5. The molecule has 1 heterocycles. The minimum atomic E-state index is -0.260. The first-order valence-electron chi connectivity index (χ1n) is 8.57. The molecule has 1 atom stereocenters. The maximum absolute atomic E-state index is 12.1. The smallest absolute Gasteiger partial charge is 0.410 e. The number of benzene rings is 1. The van der Waals surface area contributed by atoms with Gasteiger partial charge in [0.25, 0.3) is 0 Å². The van der Waals surface area contributed by atoms with Crippen LogP contribution in [0.1, 0.15) is 43.0 Å². The molecule has 1 aromatic rings. The lowest BCUT2D eigenvalue weighted by Crippen LogP contribution is -2.39. The van der Waals surface area contributed by atoms with Crippen LogP contribution >= 0.6 is 0 Å². The van der Waals surface area contributed by atoms with Crippen molar-refractivity contribution in [2.45, 2.75) is 39.3 Å². The average Bonchev–Trinajstić information content (AvgIpc) is 2.58. The van der Waals surface area contributed by atoms with Gasteiger partial charge in [0.1, 0.15) is 5.75 Å². The number of fused-ring (bicyclic) bond motifs is 1. The summed E-state index contributed by atoms with van der Waals surface area (Å²) < 4.78 is 10.7. The number of nitrogens with zero attached hydrogens (tertiary/aromatic N) is 1. The Morgan fingerprint density at radius 2 is 2.25 bits per heavy atom. The Morgan fingerprint density at radius 1 is 1.46 bits per heavy atom. The molecular formula is C18H28N2O4. The third kappa shape index (κ3) is 4.19. The van der Waals surface area contributed by atoms with E-state index < -0.39 is 0 Å². The van der Waals surface area contributed by atoms with E-state index in [4.69, 9.17) is 14.6 Å². The van der Waals surface area contributed by atoms with Gasteiger partial charge in [0.05, 0.1) is 19.8 Å². The largest absolute Gasteiger partial charge is 0.496 e. The molecule has 1 amide bonds. The molecule has 0 fully saturated rings. The van der Waals surface area contributed by atoms with Gasteiger partial charge >= 0.3 is 6.09 Å². The third-order valence-corrected chi connectivity index (χ3v) is 4.41. The lowest BCUT2D eigenvalue weighted by molar-refractivity contribution is 0.0901. The molecule has 6 nitrogen and oxygen atoms in total. The van der Waals surface area contributed by atoms with Crippen LogP contribution in [0.25, 0.3) is 0 Å². The van der Waals surface area contributed by atoms with Gasteiger partial charge < -0.3 is 24.8 Å². The molecule has 6 heteroatoms. The zero-order valence-corrected chi connectivity index (χ0v) is 14.8. The predicted molar refractivity (Wildman–Crippen MR) is 92.3 cm³/mol. The summed E-state index contributed by atoms with van der Waals surface area (Å²) in [7, 11) is 1.66. The van der Waals surface area contributed by atoms with Crippen molar-refractivity contribution in [1.82, 2.24) is 10.2 Å². The third-order valence-electron chi connectivity index (χ3n) is 4.41. The number of nitrogens with one attached hydrogen (secondary N) is 1. The molecule has 2 rings (SSSR count). The van der Waals surface area contributed by atoms with Crippen LogP contribution in [0.3, 0.4) is 0 Å². The summed E-state index contributed by atoms with van der Waals surface area (Å²) >= 11 is 0. The van der Waals surface area contributed by atoms with E-state index in [-0.39, 0.29) is 18.7 Å². The van der Waals surface area contributed by atoms with E-state index in [1.54, 1.807) is 12.0 Å². The van der Waals surface area contributed by atoms with Crippen LogP contribution in [0.2, 0.25) is 0 Å². The van der Waals surface area contributed by atoms with Gasteiger partial charge in [-0.25, -0.2) is 4.79 Å². The molecule has 134 valence electrons. The van der Waals surface area contributed by atoms with Gasteiger partial charge in [-0.15, -0.1) is 0 Å². The van der Waals surface area contributed by atoms with Crippen molar-refractivity contribution in [3.05, 3.63) is 28.8 Å². The molecule has 24 heavy (non-hydrogen) atoms.